The maximum atomic E-state index is 13.8. The van der Waals surface area contributed by atoms with Crippen LogP contribution in [0.25, 0.3) is 0 Å². The number of carbonyl (C=O) groups excluding carboxylic acids is 6. The quantitative estimate of drug-likeness (QED) is 0.0612. The number of nitro benzene ring substituents is 2. The van der Waals surface area contributed by atoms with E-state index in [4.69, 9.17) is 29.0 Å². The highest BCUT2D eigenvalue weighted by Crippen LogP contribution is 2.56. The third-order valence-corrected chi connectivity index (χ3v) is 16.0. The number of nitrogens with zero attached hydrogens (tertiary/aromatic N) is 6. The Morgan fingerprint density at radius 2 is 0.901 bits per heavy atom. The average molecular weight is 1160 g/mol. The molecule has 14 N–H and O–H groups in total. The van der Waals surface area contributed by atoms with Crippen molar-refractivity contribution in [3.63, 3.8) is 0 Å². The first-order chi connectivity index (χ1) is 37.5. The van der Waals surface area contributed by atoms with E-state index in [1.54, 1.807) is 38.0 Å². The van der Waals surface area contributed by atoms with Gasteiger partial charge < -0.3 is 62.1 Å². The van der Waals surface area contributed by atoms with Gasteiger partial charge in [-0.2, -0.15) is 8.42 Å². The van der Waals surface area contributed by atoms with Gasteiger partial charge in [0.1, 0.15) is 34.2 Å². The highest BCUT2D eigenvalue weighted by Gasteiger charge is 2.65. The number of carbonyl (C=O) groups is 6. The average Bonchev–Trinajstić information content (AvgIpc) is 2.56. The van der Waals surface area contributed by atoms with Crippen LogP contribution in [0.5, 0.6) is 11.5 Å². The number of allylic oxidation sites excluding steroid dienone is 2. The van der Waals surface area contributed by atoms with E-state index >= 15 is 0 Å². The number of anilines is 2. The van der Waals surface area contributed by atoms with Gasteiger partial charge in [-0.05, 0) is 105 Å². The number of hydrogen-bond acceptors (Lipinski definition) is 24. The van der Waals surface area contributed by atoms with Crippen molar-refractivity contribution in [1.29, 1.82) is 0 Å². The Morgan fingerprint density at radius 3 is 1.14 bits per heavy atom. The number of Topliss-reactive ketones (excluding diaryl/α,β-unsaturated/α-hetero) is 4. The molecule has 0 spiro atoms. The third kappa shape index (κ3) is 9.96. The number of nitro groups is 2. The molecular formula is C50H62N8O22S. The topological polar surface area (TPSA) is 490 Å². The Bertz CT molecular complexity index is 3150. The van der Waals surface area contributed by atoms with Crippen LogP contribution in [-0.4, -0.2) is 191 Å². The zero-order chi connectivity index (χ0) is 61.4. The summed E-state index contributed by atoms with van der Waals surface area (Å²) in [7, 11) is 1.51. The number of hydrogen-bond donors (Lipinski definition) is 12. The molecule has 2 amide bonds. The Balaban J connectivity index is 0.000000241. The molecule has 0 aliphatic heterocycles. The van der Waals surface area contributed by atoms with E-state index in [1.807, 2.05) is 27.7 Å². The van der Waals surface area contributed by atoms with Gasteiger partial charge in [-0.15, -0.1) is 0 Å². The van der Waals surface area contributed by atoms with Crippen molar-refractivity contribution in [1.82, 2.24) is 9.80 Å². The van der Waals surface area contributed by atoms with Crippen molar-refractivity contribution in [2.75, 3.05) is 64.2 Å². The van der Waals surface area contributed by atoms with Gasteiger partial charge in [0, 0.05) is 72.7 Å². The number of phenols is 2. The Kier molecular flexibility index (Phi) is 17.0. The van der Waals surface area contributed by atoms with Gasteiger partial charge >= 0.3 is 21.8 Å². The maximum Gasteiger partial charge on any atom is 0.394 e. The van der Waals surface area contributed by atoms with Crippen LogP contribution in [0.2, 0.25) is 0 Å². The molecule has 8 atom stereocenters. The summed E-state index contributed by atoms with van der Waals surface area (Å²) < 4.78 is 31.6. The molecule has 31 heteroatoms. The van der Waals surface area contributed by atoms with Crippen LogP contribution in [0, 0.1) is 43.9 Å². The molecule has 30 nitrogen and oxygen atoms in total. The molecule has 440 valence electrons. The summed E-state index contributed by atoms with van der Waals surface area (Å²) in [6, 6.07) is 0.214. The number of aliphatic hydroxyl groups is 6. The first-order valence-corrected chi connectivity index (χ1v) is 26.4. The van der Waals surface area contributed by atoms with Gasteiger partial charge in [0.2, 0.25) is 23.1 Å². The van der Waals surface area contributed by atoms with Crippen LogP contribution < -0.4 is 21.3 Å². The second kappa shape index (κ2) is 22.1. The molecule has 0 bridgehead atoms. The number of primary amides is 2. The largest absolute Gasteiger partial charge is 0.510 e. The maximum absolute atomic E-state index is 13.8. The number of phenolic OH excluding ortho intramolecular Hbond substituents is 2. The van der Waals surface area contributed by atoms with E-state index < -0.39 is 159 Å². The van der Waals surface area contributed by atoms with Crippen LogP contribution >= 0.6 is 0 Å². The summed E-state index contributed by atoms with van der Waals surface area (Å²) >= 11 is 0. The zero-order valence-corrected chi connectivity index (χ0v) is 45.7. The van der Waals surface area contributed by atoms with Gasteiger partial charge in [-0.1, -0.05) is 0 Å². The molecule has 6 aliphatic rings. The van der Waals surface area contributed by atoms with Crippen LogP contribution in [0.3, 0.4) is 0 Å². The van der Waals surface area contributed by atoms with E-state index in [-0.39, 0.29) is 48.0 Å². The molecule has 0 saturated heterocycles. The zero-order valence-electron chi connectivity index (χ0n) is 44.9. The fourth-order valence-electron chi connectivity index (χ4n) is 12.5. The lowest BCUT2D eigenvalue weighted by atomic mass is 9.58. The SMILES string of the molecule is CCN(CC)c1cc([N+](=O)[O-])c(O)c2c1CC1CC3[C@H](N(C)C)C(O)=C(C(N)=O)C(=O)C3(O)C(O)=C1C2=O.CCN(CC)c1cc([N+](=O)[O-])c(O)c2c1CC1CC3[C@H](N(C)C)C(O)=C(C(N)=O)C(=O)C3(O)C(O)=C1C2=O.O=S(=O)(O)O. The Morgan fingerprint density at radius 1 is 0.617 bits per heavy atom. The number of nitrogens with two attached hydrogens (primary N) is 2. The van der Waals surface area contributed by atoms with E-state index in [1.165, 1.54) is 21.9 Å². The molecule has 0 radical (unpaired) electrons. The summed E-state index contributed by atoms with van der Waals surface area (Å²) in [5.74, 6) is -16.2. The number of benzene rings is 2. The normalized spacial score (nSPS) is 25.8. The van der Waals surface area contributed by atoms with E-state index in [0.717, 1.165) is 0 Å². The second-order valence-corrected chi connectivity index (χ2v) is 21.4. The number of aliphatic hydroxyl groups excluding tert-OH is 4. The van der Waals surface area contributed by atoms with Crippen LogP contribution in [-0.2, 0) is 42.4 Å². The third-order valence-electron chi connectivity index (χ3n) is 16.0. The molecule has 6 aliphatic carbocycles. The minimum atomic E-state index is -4.67. The van der Waals surface area contributed by atoms with E-state index in [0.29, 0.717) is 48.7 Å². The number of likely N-dealkylation sites (N-methyl/N-ethyl adjacent to an activating group) is 2. The fraction of sp³-hybridized carbons (Fsp3) is 0.480. The molecule has 2 aromatic carbocycles. The van der Waals surface area contributed by atoms with Gasteiger partial charge in [0.25, 0.3) is 11.8 Å². The fourth-order valence-corrected chi connectivity index (χ4v) is 12.5. The number of rotatable bonds is 12. The molecule has 8 rings (SSSR count). The van der Waals surface area contributed by atoms with Crippen LogP contribution in [0.4, 0.5) is 22.7 Å². The standard InChI is InChI=1S/2C25H30N4O9.H2O4S/c2*1-5-28(6-2)13-9-14(29(37)38)19(30)16-11(13)7-10-8-12-18(27(3)4)21(32)17(24(26)35)23(34)25(12,36)22(33)15(10)20(16)31;1-5(2,3)4/h2*9-10,12,18,30,32-33,36H,5-8H2,1-4H3,(H2,26,35);(H2,1,2,3,4)/t2*10?,12?,18-,25?;/m00./s1. The van der Waals surface area contributed by atoms with E-state index in [9.17, 15) is 89.8 Å². The Labute approximate surface area is 461 Å². The predicted molar refractivity (Wildman–Crippen MR) is 282 cm³/mol. The molecule has 0 aromatic heterocycles. The van der Waals surface area contributed by atoms with Crippen molar-refractivity contribution in [2.24, 2.45) is 35.1 Å². The molecule has 0 saturated carbocycles. The molecular weight excluding hydrogens is 1100 g/mol. The number of ketones is 4. The van der Waals surface area contributed by atoms with Crippen molar-refractivity contribution in [3.8, 4) is 11.5 Å². The number of fused-ring (bicyclic) bond motifs is 6. The summed E-state index contributed by atoms with van der Waals surface area (Å²) in [5, 5.41) is 113. The predicted octanol–water partition coefficient (Wildman–Crippen LogP) is 1.10. The second-order valence-electron chi connectivity index (χ2n) is 20.5. The van der Waals surface area contributed by atoms with Crippen molar-refractivity contribution in [2.45, 2.75) is 76.7 Å². The van der Waals surface area contributed by atoms with Crippen molar-refractivity contribution >= 4 is 68.1 Å². The number of amides is 2. The van der Waals surface area contributed by atoms with Crippen LogP contribution in [0.15, 0.2) is 57.5 Å². The van der Waals surface area contributed by atoms with Gasteiger partial charge in [-0.25, -0.2) is 0 Å². The summed E-state index contributed by atoms with van der Waals surface area (Å²) in [5.41, 5.74) is 1.82. The number of aromatic hydroxyl groups is 2. The summed E-state index contributed by atoms with van der Waals surface area (Å²) in [4.78, 5) is 107. The molecule has 0 heterocycles. The summed E-state index contributed by atoms with van der Waals surface area (Å²) in [6.07, 6.45) is -0.0414. The molecule has 2 aromatic rings. The first kappa shape index (κ1) is 62.1. The monoisotopic (exact) mass is 1160 g/mol. The lowest BCUT2D eigenvalue weighted by Crippen LogP contribution is -2.63. The molecule has 0 fully saturated rings. The minimum Gasteiger partial charge on any atom is -0.510 e. The van der Waals surface area contributed by atoms with Crippen molar-refractivity contribution < 1.29 is 97.0 Å². The minimum absolute atomic E-state index is 0.0475. The van der Waals surface area contributed by atoms with Gasteiger partial charge in [0.15, 0.2) is 22.8 Å². The van der Waals surface area contributed by atoms with Gasteiger partial charge in [-0.3, -0.25) is 67.9 Å². The van der Waals surface area contributed by atoms with E-state index in [2.05, 4.69) is 0 Å². The van der Waals surface area contributed by atoms with Crippen molar-refractivity contribution in [3.05, 3.63) is 99.9 Å². The summed E-state index contributed by atoms with van der Waals surface area (Å²) in [6.45, 7) is 9.13. The van der Waals surface area contributed by atoms with Crippen LogP contribution in [0.1, 0.15) is 72.4 Å². The lowest BCUT2D eigenvalue weighted by molar-refractivity contribution is -0.386. The first-order valence-electron chi connectivity index (χ1n) is 25.0. The highest BCUT2D eigenvalue weighted by molar-refractivity contribution is 7.79. The van der Waals surface area contributed by atoms with Gasteiger partial charge in [0.05, 0.1) is 33.1 Å². The highest BCUT2D eigenvalue weighted by atomic mass is 32.3. The lowest BCUT2D eigenvalue weighted by Gasteiger charge is -2.50. The molecule has 81 heavy (non-hydrogen) atoms. The molecule has 6 unspecified atom stereocenters. The Hall–Kier alpha value is -8.07. The smallest absolute Gasteiger partial charge is 0.394 e.